The van der Waals surface area contributed by atoms with E-state index < -0.39 is 25.7 Å². The molecule has 7 nitrogen and oxygen atoms in total. The molecule has 28 heavy (non-hydrogen) atoms. The largest absolute Gasteiger partial charge is 0.352 e. The highest BCUT2D eigenvalue weighted by Gasteiger charge is 2.14. The number of nitrogens with one attached hydrogen (secondary N) is 2. The smallest absolute Gasteiger partial charge is 0.240 e. The van der Waals surface area contributed by atoms with E-state index in [0.29, 0.717) is 5.56 Å². The minimum Gasteiger partial charge on any atom is -0.352 e. The molecule has 0 saturated heterocycles. The average molecular weight is 429 g/mol. The molecule has 152 valence electrons. The highest BCUT2D eigenvalue weighted by molar-refractivity contribution is 7.90. The Hall–Kier alpha value is -2.30. The van der Waals surface area contributed by atoms with Crippen LogP contribution in [0.2, 0.25) is 0 Å². The van der Waals surface area contributed by atoms with Gasteiger partial charge >= 0.3 is 0 Å². The Balaban J connectivity index is 1.77. The van der Waals surface area contributed by atoms with Crippen molar-refractivity contribution in [1.82, 2.24) is 10.0 Å². The zero-order valence-corrected chi connectivity index (χ0v) is 16.8. The van der Waals surface area contributed by atoms with Crippen molar-refractivity contribution in [2.24, 2.45) is 0 Å². The molecule has 0 heterocycles. The topological polar surface area (TPSA) is 109 Å². The van der Waals surface area contributed by atoms with E-state index >= 15 is 0 Å². The van der Waals surface area contributed by atoms with Crippen LogP contribution in [0.1, 0.15) is 17.5 Å². The second-order valence-corrected chi connectivity index (χ2v) is 10.2. The van der Waals surface area contributed by atoms with Crippen LogP contribution in [-0.2, 0) is 37.0 Å². The van der Waals surface area contributed by atoms with E-state index in [2.05, 4.69) is 10.0 Å². The van der Waals surface area contributed by atoms with Crippen molar-refractivity contribution >= 4 is 25.8 Å². The summed E-state index contributed by atoms with van der Waals surface area (Å²) in [5.74, 6) is -0.932. The van der Waals surface area contributed by atoms with Crippen molar-refractivity contribution in [3.8, 4) is 0 Å². The van der Waals surface area contributed by atoms with Crippen LogP contribution in [-0.4, -0.2) is 35.5 Å². The second-order valence-electron chi connectivity index (χ2n) is 6.27. The lowest BCUT2D eigenvalue weighted by Gasteiger charge is -2.08. The molecular formula is C18H21FN2O5S2. The van der Waals surface area contributed by atoms with Crippen molar-refractivity contribution in [2.75, 3.05) is 12.8 Å². The van der Waals surface area contributed by atoms with Crippen molar-refractivity contribution < 1.29 is 26.0 Å². The molecule has 2 N–H and O–H groups in total. The van der Waals surface area contributed by atoms with E-state index in [-0.39, 0.29) is 36.1 Å². The summed E-state index contributed by atoms with van der Waals surface area (Å²) in [6, 6.07) is 11.2. The summed E-state index contributed by atoms with van der Waals surface area (Å²) in [6.07, 6.45) is 1.10. The van der Waals surface area contributed by atoms with Crippen LogP contribution in [0.5, 0.6) is 0 Å². The molecule has 10 heteroatoms. The molecular weight excluding hydrogens is 407 g/mol. The minimum atomic E-state index is -3.81. The van der Waals surface area contributed by atoms with E-state index in [0.717, 1.165) is 36.1 Å². The fourth-order valence-electron chi connectivity index (χ4n) is 2.34. The van der Waals surface area contributed by atoms with Gasteiger partial charge in [0, 0.05) is 25.8 Å². The molecule has 0 radical (unpaired) electrons. The Kier molecular flexibility index (Phi) is 7.28. The van der Waals surface area contributed by atoms with Crippen molar-refractivity contribution in [3.05, 3.63) is 65.5 Å². The summed E-state index contributed by atoms with van der Waals surface area (Å²) in [5, 5.41) is 2.66. The van der Waals surface area contributed by atoms with Crippen LogP contribution in [0.25, 0.3) is 0 Å². The molecule has 2 aromatic carbocycles. The van der Waals surface area contributed by atoms with Gasteiger partial charge in [0.25, 0.3) is 0 Å². The standard InChI is InChI=1S/C18H21FN2O5S2/c1-27(23,24)13-15-4-2-14(3-5-15)12-20-18(22)10-11-21-28(25,26)17-8-6-16(19)7-9-17/h2-9,21H,10-13H2,1H3,(H,20,22). The Labute approximate surface area is 163 Å². The number of hydrogen-bond donors (Lipinski definition) is 2. The summed E-state index contributed by atoms with van der Waals surface area (Å²) in [7, 11) is -6.91. The monoisotopic (exact) mass is 428 g/mol. The Morgan fingerprint density at radius 3 is 2.07 bits per heavy atom. The maximum Gasteiger partial charge on any atom is 0.240 e. The fraction of sp³-hybridized carbons (Fsp3) is 0.278. The number of rotatable bonds is 9. The summed E-state index contributed by atoms with van der Waals surface area (Å²) < 4.78 is 61.7. The summed E-state index contributed by atoms with van der Waals surface area (Å²) in [5.41, 5.74) is 1.45. The van der Waals surface area contributed by atoms with E-state index in [1.807, 2.05) is 0 Å². The number of sulfone groups is 1. The van der Waals surface area contributed by atoms with Gasteiger partial charge in [-0.3, -0.25) is 4.79 Å². The normalized spacial score (nSPS) is 11.9. The molecule has 0 saturated carbocycles. The van der Waals surface area contributed by atoms with E-state index in [1.54, 1.807) is 24.3 Å². The minimum absolute atomic E-state index is 0.0478. The molecule has 0 aliphatic carbocycles. The first-order valence-electron chi connectivity index (χ1n) is 8.33. The molecule has 0 aliphatic heterocycles. The molecule has 0 atom stereocenters. The Morgan fingerprint density at radius 1 is 0.929 bits per heavy atom. The summed E-state index contributed by atoms with van der Waals surface area (Å²) in [6.45, 7) is 0.140. The first-order chi connectivity index (χ1) is 13.0. The average Bonchev–Trinajstić information content (AvgIpc) is 2.60. The van der Waals surface area contributed by atoms with Gasteiger partial charge in [0.05, 0.1) is 10.6 Å². The lowest BCUT2D eigenvalue weighted by molar-refractivity contribution is -0.121. The van der Waals surface area contributed by atoms with Crippen LogP contribution < -0.4 is 10.0 Å². The highest BCUT2D eigenvalue weighted by atomic mass is 32.2. The molecule has 0 aliphatic rings. The SMILES string of the molecule is CS(=O)(=O)Cc1ccc(CNC(=O)CCNS(=O)(=O)c2ccc(F)cc2)cc1. The third-order valence-electron chi connectivity index (χ3n) is 3.71. The number of hydrogen-bond acceptors (Lipinski definition) is 5. The number of sulfonamides is 1. The van der Waals surface area contributed by atoms with Gasteiger partial charge in [-0.25, -0.2) is 25.9 Å². The van der Waals surface area contributed by atoms with Gasteiger partial charge < -0.3 is 5.32 Å². The van der Waals surface area contributed by atoms with Gasteiger partial charge in [-0.2, -0.15) is 0 Å². The number of halogens is 1. The van der Waals surface area contributed by atoms with E-state index in [9.17, 15) is 26.0 Å². The molecule has 0 aromatic heterocycles. The predicted molar refractivity (Wildman–Crippen MR) is 103 cm³/mol. The fourth-order valence-corrected chi connectivity index (χ4v) is 4.17. The zero-order valence-electron chi connectivity index (χ0n) is 15.2. The van der Waals surface area contributed by atoms with Gasteiger partial charge in [0.15, 0.2) is 9.84 Å². The molecule has 2 aromatic rings. The van der Waals surface area contributed by atoms with Crippen molar-refractivity contribution in [1.29, 1.82) is 0 Å². The lowest BCUT2D eigenvalue weighted by Crippen LogP contribution is -2.30. The van der Waals surface area contributed by atoms with Gasteiger partial charge in [-0.05, 0) is 35.4 Å². The van der Waals surface area contributed by atoms with Gasteiger partial charge in [-0.15, -0.1) is 0 Å². The maximum atomic E-state index is 12.9. The van der Waals surface area contributed by atoms with Crippen LogP contribution in [0.15, 0.2) is 53.4 Å². The van der Waals surface area contributed by atoms with Crippen molar-refractivity contribution in [3.63, 3.8) is 0 Å². The van der Waals surface area contributed by atoms with Gasteiger partial charge in [0.1, 0.15) is 5.82 Å². The number of benzene rings is 2. The zero-order chi connectivity index (χ0) is 20.8. The second kappa shape index (κ2) is 9.26. The molecule has 0 spiro atoms. The number of carbonyl (C=O) groups excluding carboxylic acids is 1. The van der Waals surface area contributed by atoms with Crippen LogP contribution in [0, 0.1) is 5.82 Å². The Bertz CT molecular complexity index is 1020. The molecule has 0 fully saturated rings. The first kappa shape index (κ1) is 22.0. The van der Waals surface area contributed by atoms with E-state index in [4.69, 9.17) is 0 Å². The summed E-state index contributed by atoms with van der Waals surface area (Å²) >= 11 is 0. The third kappa shape index (κ3) is 7.37. The molecule has 0 unspecified atom stereocenters. The predicted octanol–water partition coefficient (Wildman–Crippen LogP) is 1.36. The molecule has 0 bridgehead atoms. The van der Waals surface area contributed by atoms with E-state index in [1.165, 1.54) is 0 Å². The van der Waals surface area contributed by atoms with Gasteiger partial charge in [-0.1, -0.05) is 24.3 Å². The number of amides is 1. The van der Waals surface area contributed by atoms with Crippen molar-refractivity contribution in [2.45, 2.75) is 23.6 Å². The maximum absolute atomic E-state index is 12.9. The van der Waals surface area contributed by atoms with Crippen LogP contribution in [0.4, 0.5) is 4.39 Å². The molecule has 2 rings (SSSR count). The van der Waals surface area contributed by atoms with Gasteiger partial charge in [0.2, 0.25) is 15.9 Å². The van der Waals surface area contributed by atoms with Crippen LogP contribution in [0.3, 0.4) is 0 Å². The first-order valence-corrected chi connectivity index (χ1v) is 11.9. The lowest BCUT2D eigenvalue weighted by atomic mass is 10.1. The van der Waals surface area contributed by atoms with Crippen LogP contribution >= 0.6 is 0 Å². The third-order valence-corrected chi connectivity index (χ3v) is 6.04. The number of carbonyl (C=O) groups is 1. The quantitative estimate of drug-likeness (QED) is 0.627. The highest BCUT2D eigenvalue weighted by Crippen LogP contribution is 2.10. The molecule has 1 amide bonds. The summed E-state index contributed by atoms with van der Waals surface area (Å²) in [4.78, 5) is 11.8. The Morgan fingerprint density at radius 2 is 1.50 bits per heavy atom.